The van der Waals surface area contributed by atoms with Gasteiger partial charge in [-0.05, 0) is 61.2 Å². The van der Waals surface area contributed by atoms with Crippen molar-refractivity contribution in [1.82, 2.24) is 10.9 Å². The standard InChI is InChI=1S/C22H28N2O4/c1-6-27-18-11-13-19(14-12-18)28-15(2)20(25)23-24-21(26)16-7-9-17(10-8-16)22(3,4)5/h7-15H,6H2,1-5H3,(H,23,25)(H,24,26)/t15-/m1/s1. The number of hydrogen-bond acceptors (Lipinski definition) is 4. The molecule has 0 spiro atoms. The van der Waals surface area contributed by atoms with E-state index in [4.69, 9.17) is 9.47 Å². The number of benzene rings is 2. The number of hydrogen-bond donors (Lipinski definition) is 2. The van der Waals surface area contributed by atoms with Crippen LogP contribution < -0.4 is 20.3 Å². The molecule has 0 saturated heterocycles. The van der Waals surface area contributed by atoms with Crippen LogP contribution in [-0.4, -0.2) is 24.5 Å². The van der Waals surface area contributed by atoms with Crippen molar-refractivity contribution in [2.45, 2.75) is 46.1 Å². The number of ether oxygens (including phenoxy) is 2. The van der Waals surface area contributed by atoms with Crippen molar-refractivity contribution in [3.8, 4) is 11.5 Å². The zero-order chi connectivity index (χ0) is 20.7. The smallest absolute Gasteiger partial charge is 0.279 e. The zero-order valence-electron chi connectivity index (χ0n) is 17.0. The molecule has 28 heavy (non-hydrogen) atoms. The minimum absolute atomic E-state index is 0.0108. The largest absolute Gasteiger partial charge is 0.494 e. The highest BCUT2D eigenvalue weighted by Crippen LogP contribution is 2.22. The second-order valence-electron chi connectivity index (χ2n) is 7.44. The summed E-state index contributed by atoms with van der Waals surface area (Å²) in [5.41, 5.74) is 6.41. The molecular weight excluding hydrogens is 356 g/mol. The van der Waals surface area contributed by atoms with Gasteiger partial charge in [0.05, 0.1) is 6.61 Å². The van der Waals surface area contributed by atoms with Crippen LogP contribution in [0.1, 0.15) is 50.5 Å². The van der Waals surface area contributed by atoms with Gasteiger partial charge in [-0.2, -0.15) is 0 Å². The first-order valence-electron chi connectivity index (χ1n) is 9.31. The number of amides is 2. The maximum atomic E-state index is 12.2. The Kier molecular flexibility index (Phi) is 7.04. The van der Waals surface area contributed by atoms with E-state index >= 15 is 0 Å². The molecule has 0 unspecified atom stereocenters. The van der Waals surface area contributed by atoms with Gasteiger partial charge in [0.1, 0.15) is 11.5 Å². The fourth-order valence-corrected chi connectivity index (χ4v) is 2.45. The van der Waals surface area contributed by atoms with Crippen molar-refractivity contribution in [2.75, 3.05) is 6.61 Å². The Hall–Kier alpha value is -3.02. The first-order valence-corrected chi connectivity index (χ1v) is 9.31. The van der Waals surface area contributed by atoms with Gasteiger partial charge in [0.2, 0.25) is 0 Å². The number of carbonyl (C=O) groups excluding carboxylic acids is 2. The predicted molar refractivity (Wildman–Crippen MR) is 108 cm³/mol. The lowest BCUT2D eigenvalue weighted by Crippen LogP contribution is -2.47. The zero-order valence-corrected chi connectivity index (χ0v) is 17.0. The van der Waals surface area contributed by atoms with Gasteiger partial charge in [-0.3, -0.25) is 20.4 Å². The van der Waals surface area contributed by atoms with Gasteiger partial charge in [-0.25, -0.2) is 0 Å². The molecule has 150 valence electrons. The summed E-state index contributed by atoms with van der Waals surface area (Å²) in [5.74, 6) is 0.433. The number of nitrogens with one attached hydrogen (secondary N) is 2. The third-order valence-corrected chi connectivity index (χ3v) is 4.13. The fourth-order valence-electron chi connectivity index (χ4n) is 2.45. The van der Waals surface area contributed by atoms with Crippen LogP contribution in [0.15, 0.2) is 48.5 Å². The van der Waals surface area contributed by atoms with E-state index < -0.39 is 12.0 Å². The highest BCUT2D eigenvalue weighted by Gasteiger charge is 2.17. The van der Waals surface area contributed by atoms with Crippen LogP contribution in [0.4, 0.5) is 0 Å². The van der Waals surface area contributed by atoms with Crippen LogP contribution in [0.3, 0.4) is 0 Å². The van der Waals surface area contributed by atoms with Gasteiger partial charge in [-0.1, -0.05) is 32.9 Å². The van der Waals surface area contributed by atoms with Gasteiger partial charge < -0.3 is 9.47 Å². The van der Waals surface area contributed by atoms with Crippen LogP contribution in [0.2, 0.25) is 0 Å². The molecule has 6 nitrogen and oxygen atoms in total. The number of carbonyl (C=O) groups is 2. The molecule has 0 radical (unpaired) electrons. The average Bonchev–Trinajstić information content (AvgIpc) is 2.67. The van der Waals surface area contributed by atoms with Crippen molar-refractivity contribution in [2.24, 2.45) is 0 Å². The molecule has 0 aliphatic rings. The van der Waals surface area contributed by atoms with Gasteiger partial charge in [-0.15, -0.1) is 0 Å². The predicted octanol–water partition coefficient (Wildman–Crippen LogP) is 3.61. The van der Waals surface area contributed by atoms with E-state index in [1.165, 1.54) is 0 Å². The van der Waals surface area contributed by atoms with E-state index in [1.807, 2.05) is 19.1 Å². The lowest BCUT2D eigenvalue weighted by molar-refractivity contribution is -0.128. The second kappa shape index (κ2) is 9.26. The first-order chi connectivity index (χ1) is 13.2. The molecule has 0 bridgehead atoms. The Morgan fingerprint density at radius 3 is 2.04 bits per heavy atom. The van der Waals surface area contributed by atoms with E-state index in [9.17, 15) is 9.59 Å². The Labute approximate surface area is 166 Å². The maximum absolute atomic E-state index is 12.2. The Balaban J connectivity index is 1.85. The van der Waals surface area contributed by atoms with Gasteiger partial charge in [0.25, 0.3) is 11.8 Å². The maximum Gasteiger partial charge on any atom is 0.279 e. The van der Waals surface area contributed by atoms with E-state index in [-0.39, 0.29) is 11.3 Å². The van der Waals surface area contributed by atoms with E-state index in [1.54, 1.807) is 43.3 Å². The van der Waals surface area contributed by atoms with Crippen LogP contribution >= 0.6 is 0 Å². The normalized spacial score (nSPS) is 12.0. The van der Waals surface area contributed by atoms with Crippen molar-refractivity contribution >= 4 is 11.8 Å². The summed E-state index contributed by atoms with van der Waals surface area (Å²) >= 11 is 0. The van der Waals surface area contributed by atoms with Gasteiger partial charge in [0.15, 0.2) is 6.10 Å². The lowest BCUT2D eigenvalue weighted by atomic mass is 9.87. The highest BCUT2D eigenvalue weighted by atomic mass is 16.5. The number of hydrazine groups is 1. The third-order valence-electron chi connectivity index (χ3n) is 4.13. The van der Waals surface area contributed by atoms with Crippen LogP contribution in [0.5, 0.6) is 11.5 Å². The topological polar surface area (TPSA) is 76.7 Å². The van der Waals surface area contributed by atoms with Crippen LogP contribution in [0.25, 0.3) is 0 Å². The summed E-state index contributed by atoms with van der Waals surface area (Å²) in [5, 5.41) is 0. The average molecular weight is 384 g/mol. The Morgan fingerprint density at radius 2 is 1.50 bits per heavy atom. The van der Waals surface area contributed by atoms with Crippen molar-refractivity contribution in [1.29, 1.82) is 0 Å². The van der Waals surface area contributed by atoms with E-state index in [0.717, 1.165) is 11.3 Å². The van der Waals surface area contributed by atoms with E-state index in [0.29, 0.717) is 17.9 Å². The second-order valence-corrected chi connectivity index (χ2v) is 7.44. The summed E-state index contributed by atoms with van der Waals surface area (Å²) in [7, 11) is 0. The molecule has 2 aromatic rings. The molecule has 2 amide bonds. The molecule has 2 rings (SSSR count). The van der Waals surface area contributed by atoms with E-state index in [2.05, 4.69) is 31.6 Å². The lowest BCUT2D eigenvalue weighted by Gasteiger charge is -2.19. The summed E-state index contributed by atoms with van der Waals surface area (Å²) in [6, 6.07) is 14.3. The Morgan fingerprint density at radius 1 is 0.929 bits per heavy atom. The summed E-state index contributed by atoms with van der Waals surface area (Å²) < 4.78 is 10.9. The molecule has 2 aromatic carbocycles. The van der Waals surface area contributed by atoms with Gasteiger partial charge >= 0.3 is 0 Å². The molecular formula is C22H28N2O4. The van der Waals surface area contributed by atoms with Crippen molar-refractivity contribution < 1.29 is 19.1 Å². The quantitative estimate of drug-likeness (QED) is 0.746. The molecule has 0 fully saturated rings. The van der Waals surface area contributed by atoms with Crippen molar-refractivity contribution in [3.63, 3.8) is 0 Å². The number of rotatable bonds is 6. The molecule has 0 aromatic heterocycles. The molecule has 0 heterocycles. The monoisotopic (exact) mass is 384 g/mol. The molecule has 1 atom stereocenters. The molecule has 0 saturated carbocycles. The summed E-state index contributed by atoms with van der Waals surface area (Å²) in [4.78, 5) is 24.4. The SMILES string of the molecule is CCOc1ccc(O[C@H](C)C(=O)NNC(=O)c2ccc(C(C)(C)C)cc2)cc1. The van der Waals surface area contributed by atoms with Gasteiger partial charge in [0, 0.05) is 5.56 Å². The molecule has 2 N–H and O–H groups in total. The Bertz CT molecular complexity index is 793. The molecule has 6 heteroatoms. The first kappa shape index (κ1) is 21.3. The van der Waals surface area contributed by atoms with Crippen molar-refractivity contribution in [3.05, 3.63) is 59.7 Å². The minimum Gasteiger partial charge on any atom is -0.494 e. The summed E-state index contributed by atoms with van der Waals surface area (Å²) in [6.45, 7) is 10.4. The minimum atomic E-state index is -0.776. The molecule has 0 aliphatic heterocycles. The summed E-state index contributed by atoms with van der Waals surface area (Å²) in [6.07, 6.45) is -0.776. The van der Waals surface area contributed by atoms with Crippen LogP contribution in [-0.2, 0) is 10.2 Å². The highest BCUT2D eigenvalue weighted by molar-refractivity contribution is 5.95. The third kappa shape index (κ3) is 6.01. The van der Waals surface area contributed by atoms with Crippen LogP contribution in [0, 0.1) is 0 Å². The fraction of sp³-hybridized carbons (Fsp3) is 0.364. The molecule has 0 aliphatic carbocycles.